The lowest BCUT2D eigenvalue weighted by Crippen LogP contribution is -2.52. The van der Waals surface area contributed by atoms with E-state index in [0.717, 1.165) is 12.0 Å². The summed E-state index contributed by atoms with van der Waals surface area (Å²) in [5, 5.41) is 0. The Balaban J connectivity index is 1.85. The van der Waals surface area contributed by atoms with Crippen molar-refractivity contribution in [1.82, 2.24) is 14.7 Å². The van der Waals surface area contributed by atoms with E-state index in [1.54, 1.807) is 0 Å². The molecular weight excluding hydrogens is 270 g/mol. The van der Waals surface area contributed by atoms with Gasteiger partial charge in [-0.3, -0.25) is 9.80 Å². The number of hydrogen-bond donors (Lipinski definition) is 0. The van der Waals surface area contributed by atoms with E-state index in [4.69, 9.17) is 0 Å². The second-order valence-electron chi connectivity index (χ2n) is 9.47. The van der Waals surface area contributed by atoms with Gasteiger partial charge in [0.2, 0.25) is 0 Å². The number of nitrogens with zero attached hydrogens (tertiary/aromatic N) is 3. The van der Waals surface area contributed by atoms with E-state index < -0.39 is 0 Å². The minimum atomic E-state index is 0.336. The van der Waals surface area contributed by atoms with Gasteiger partial charge in [-0.2, -0.15) is 0 Å². The van der Waals surface area contributed by atoms with Crippen molar-refractivity contribution in [3.63, 3.8) is 0 Å². The highest BCUT2D eigenvalue weighted by molar-refractivity contribution is 4.92. The zero-order valence-electron chi connectivity index (χ0n) is 16.2. The molecular formula is C19H39N3. The standard InChI is InChI=1S/C19H39N3/c1-18(2,3)22-11-8-16(15-22)14-19(4,5)21-12-9-17(10-13-21)20(6)7/h16-17H,8-15H2,1-7H3. The Kier molecular flexibility index (Phi) is 5.62. The van der Waals surface area contributed by atoms with E-state index in [1.165, 1.54) is 51.9 Å². The molecule has 2 rings (SSSR count). The summed E-state index contributed by atoms with van der Waals surface area (Å²) in [5.41, 5.74) is 0.693. The summed E-state index contributed by atoms with van der Waals surface area (Å²) in [6.07, 6.45) is 5.39. The van der Waals surface area contributed by atoms with Gasteiger partial charge in [-0.1, -0.05) is 0 Å². The van der Waals surface area contributed by atoms with Gasteiger partial charge in [0.15, 0.2) is 0 Å². The predicted molar refractivity (Wildman–Crippen MR) is 96.4 cm³/mol. The van der Waals surface area contributed by atoms with Crippen molar-refractivity contribution >= 4 is 0 Å². The van der Waals surface area contributed by atoms with E-state index in [-0.39, 0.29) is 0 Å². The average Bonchev–Trinajstić information content (AvgIpc) is 2.86. The zero-order valence-corrected chi connectivity index (χ0v) is 16.2. The van der Waals surface area contributed by atoms with Crippen molar-refractivity contribution < 1.29 is 0 Å². The molecule has 2 heterocycles. The van der Waals surface area contributed by atoms with Gasteiger partial charge in [-0.15, -0.1) is 0 Å². The molecule has 0 aliphatic carbocycles. The highest BCUT2D eigenvalue weighted by atomic mass is 15.2. The van der Waals surface area contributed by atoms with Gasteiger partial charge in [0.25, 0.3) is 0 Å². The van der Waals surface area contributed by atoms with Crippen LogP contribution in [0.5, 0.6) is 0 Å². The summed E-state index contributed by atoms with van der Waals surface area (Å²) >= 11 is 0. The summed E-state index contributed by atoms with van der Waals surface area (Å²) < 4.78 is 0. The largest absolute Gasteiger partial charge is 0.306 e. The van der Waals surface area contributed by atoms with Crippen molar-refractivity contribution in [3.05, 3.63) is 0 Å². The summed E-state index contributed by atoms with van der Waals surface area (Å²) in [5.74, 6) is 0.876. The van der Waals surface area contributed by atoms with Crippen LogP contribution in [0.25, 0.3) is 0 Å². The summed E-state index contributed by atoms with van der Waals surface area (Å²) in [7, 11) is 4.45. The molecule has 22 heavy (non-hydrogen) atoms. The normalized spacial score (nSPS) is 27.0. The first-order chi connectivity index (χ1) is 10.1. The molecule has 0 amide bonds. The maximum Gasteiger partial charge on any atom is 0.0156 e. The minimum absolute atomic E-state index is 0.336. The lowest BCUT2D eigenvalue weighted by Gasteiger charge is -2.45. The van der Waals surface area contributed by atoms with E-state index in [2.05, 4.69) is 63.4 Å². The lowest BCUT2D eigenvalue weighted by atomic mass is 9.86. The van der Waals surface area contributed by atoms with Gasteiger partial charge in [0.05, 0.1) is 0 Å². The molecule has 130 valence electrons. The van der Waals surface area contributed by atoms with E-state index >= 15 is 0 Å². The molecule has 0 bridgehead atoms. The first kappa shape index (κ1) is 18.2. The first-order valence-corrected chi connectivity index (χ1v) is 9.26. The third-order valence-corrected chi connectivity index (χ3v) is 6.07. The van der Waals surface area contributed by atoms with Crippen LogP contribution in [0.2, 0.25) is 0 Å². The Morgan fingerprint density at radius 2 is 1.41 bits per heavy atom. The zero-order chi connectivity index (χ0) is 16.5. The fourth-order valence-electron chi connectivity index (χ4n) is 4.43. The summed E-state index contributed by atoms with van der Waals surface area (Å²) in [6, 6.07) is 0.787. The summed E-state index contributed by atoms with van der Waals surface area (Å²) in [6.45, 7) is 17.1. The molecule has 0 saturated carbocycles. The van der Waals surface area contributed by atoms with Crippen LogP contribution in [0.4, 0.5) is 0 Å². The third-order valence-electron chi connectivity index (χ3n) is 6.07. The Bertz CT molecular complexity index is 348. The number of piperidine rings is 1. The van der Waals surface area contributed by atoms with E-state index in [0.29, 0.717) is 11.1 Å². The van der Waals surface area contributed by atoms with Crippen molar-refractivity contribution in [3.8, 4) is 0 Å². The fourth-order valence-corrected chi connectivity index (χ4v) is 4.43. The minimum Gasteiger partial charge on any atom is -0.306 e. The molecule has 0 spiro atoms. The smallest absolute Gasteiger partial charge is 0.0156 e. The number of rotatable bonds is 4. The van der Waals surface area contributed by atoms with Crippen molar-refractivity contribution in [1.29, 1.82) is 0 Å². The van der Waals surface area contributed by atoms with Crippen LogP contribution in [-0.2, 0) is 0 Å². The fraction of sp³-hybridized carbons (Fsp3) is 1.00. The third kappa shape index (κ3) is 4.46. The van der Waals surface area contributed by atoms with Gasteiger partial charge in [-0.05, 0) is 86.9 Å². The maximum atomic E-state index is 2.76. The molecule has 0 aromatic carbocycles. The predicted octanol–water partition coefficient (Wildman–Crippen LogP) is 3.30. The van der Waals surface area contributed by atoms with Crippen LogP contribution >= 0.6 is 0 Å². The highest BCUT2D eigenvalue weighted by Gasteiger charge is 2.37. The molecule has 3 nitrogen and oxygen atoms in total. The average molecular weight is 310 g/mol. The SMILES string of the molecule is CN(C)C1CCN(C(C)(C)CC2CCN(C(C)(C)C)C2)CC1. The second kappa shape index (κ2) is 6.78. The monoisotopic (exact) mass is 309 g/mol. The molecule has 1 unspecified atom stereocenters. The van der Waals surface area contributed by atoms with Gasteiger partial charge in [0.1, 0.15) is 0 Å². The van der Waals surface area contributed by atoms with Crippen molar-refractivity contribution in [2.75, 3.05) is 40.3 Å². The Hall–Kier alpha value is -0.120. The van der Waals surface area contributed by atoms with Crippen LogP contribution in [0.3, 0.4) is 0 Å². The molecule has 3 heteroatoms. The quantitative estimate of drug-likeness (QED) is 0.789. The van der Waals surface area contributed by atoms with Crippen LogP contribution < -0.4 is 0 Å². The van der Waals surface area contributed by atoms with E-state index in [1.807, 2.05) is 0 Å². The topological polar surface area (TPSA) is 9.72 Å². The maximum absolute atomic E-state index is 2.76. The number of likely N-dealkylation sites (tertiary alicyclic amines) is 2. The molecule has 2 fully saturated rings. The Morgan fingerprint density at radius 1 is 0.864 bits per heavy atom. The van der Waals surface area contributed by atoms with Crippen molar-refractivity contribution in [2.45, 2.75) is 77.4 Å². The Morgan fingerprint density at radius 3 is 1.86 bits per heavy atom. The summed E-state index contributed by atoms with van der Waals surface area (Å²) in [4.78, 5) is 7.83. The van der Waals surface area contributed by atoms with Gasteiger partial charge in [-0.25, -0.2) is 0 Å². The molecule has 1 atom stereocenters. The van der Waals surface area contributed by atoms with Crippen LogP contribution in [-0.4, -0.2) is 72.1 Å². The molecule has 2 aliphatic rings. The first-order valence-electron chi connectivity index (χ1n) is 9.26. The van der Waals surface area contributed by atoms with Crippen LogP contribution in [0.15, 0.2) is 0 Å². The molecule has 2 aliphatic heterocycles. The van der Waals surface area contributed by atoms with Gasteiger partial charge < -0.3 is 4.90 Å². The second-order valence-corrected chi connectivity index (χ2v) is 9.47. The molecule has 0 radical (unpaired) electrons. The van der Waals surface area contributed by atoms with Gasteiger partial charge >= 0.3 is 0 Å². The highest BCUT2D eigenvalue weighted by Crippen LogP contribution is 2.33. The molecule has 2 saturated heterocycles. The van der Waals surface area contributed by atoms with Crippen LogP contribution in [0, 0.1) is 5.92 Å². The Labute approximate surface area is 139 Å². The number of hydrogen-bond acceptors (Lipinski definition) is 3. The molecule has 0 N–H and O–H groups in total. The van der Waals surface area contributed by atoms with Gasteiger partial charge in [0, 0.05) is 36.8 Å². The molecule has 0 aromatic rings. The van der Waals surface area contributed by atoms with E-state index in [9.17, 15) is 0 Å². The molecule has 0 aromatic heterocycles. The lowest BCUT2D eigenvalue weighted by molar-refractivity contribution is 0.0455. The van der Waals surface area contributed by atoms with Crippen LogP contribution in [0.1, 0.15) is 60.3 Å². The van der Waals surface area contributed by atoms with Crippen molar-refractivity contribution in [2.24, 2.45) is 5.92 Å².